The molecule has 0 amide bonds. The van der Waals surface area contributed by atoms with Crippen molar-refractivity contribution < 1.29 is 12.9 Å². The molecule has 0 aliphatic heterocycles. The molecule has 3 rings (SSSR count). The van der Waals surface area contributed by atoms with E-state index in [0.29, 0.717) is 11.4 Å². The molecule has 130 valence electrons. The molecule has 0 spiro atoms. The quantitative estimate of drug-likeness (QED) is 0.717. The third kappa shape index (κ3) is 3.83. The van der Waals surface area contributed by atoms with Crippen molar-refractivity contribution in [1.29, 1.82) is 0 Å². The maximum Gasteiger partial charge on any atom is 0.267 e. The van der Waals surface area contributed by atoms with E-state index in [1.807, 2.05) is 43.3 Å². The number of anilines is 3. The average Bonchev–Trinajstić information content (AvgIpc) is 2.91. The zero-order valence-electron chi connectivity index (χ0n) is 14.2. The maximum absolute atomic E-state index is 12.5. The van der Waals surface area contributed by atoms with Crippen molar-refractivity contribution in [3.8, 4) is 0 Å². The van der Waals surface area contributed by atoms with E-state index >= 15 is 0 Å². The average molecular weight is 357 g/mol. The van der Waals surface area contributed by atoms with Gasteiger partial charge in [-0.15, -0.1) is 0 Å². The van der Waals surface area contributed by atoms with Crippen molar-refractivity contribution in [2.45, 2.75) is 25.7 Å². The third-order valence-corrected chi connectivity index (χ3v) is 5.34. The van der Waals surface area contributed by atoms with Crippen LogP contribution < -0.4 is 10.0 Å². The summed E-state index contributed by atoms with van der Waals surface area (Å²) in [7, 11) is -3.73. The van der Waals surface area contributed by atoms with Crippen LogP contribution in [0.1, 0.15) is 17.0 Å². The third-order valence-electron chi connectivity index (χ3n) is 3.71. The second-order valence-corrected chi connectivity index (χ2v) is 7.45. The Morgan fingerprint density at radius 3 is 1.88 bits per heavy atom. The molecule has 3 aromatic rings. The Bertz CT molecular complexity index is 956. The lowest BCUT2D eigenvalue weighted by Gasteiger charge is -2.10. The zero-order valence-corrected chi connectivity index (χ0v) is 15.0. The second-order valence-electron chi connectivity index (χ2n) is 5.83. The number of hydrogen-bond donors (Lipinski definition) is 2. The summed E-state index contributed by atoms with van der Waals surface area (Å²) < 4.78 is 32.5. The van der Waals surface area contributed by atoms with Gasteiger partial charge in [0.25, 0.3) is 10.0 Å². The van der Waals surface area contributed by atoms with Gasteiger partial charge in [-0.3, -0.25) is 4.72 Å². The fourth-order valence-electron chi connectivity index (χ4n) is 2.49. The van der Waals surface area contributed by atoms with E-state index in [1.165, 1.54) is 5.56 Å². The minimum Gasteiger partial charge on any atom is -0.360 e. The Balaban J connectivity index is 1.75. The minimum absolute atomic E-state index is 0.0781. The molecule has 0 saturated heterocycles. The molecule has 0 aliphatic carbocycles. The van der Waals surface area contributed by atoms with Gasteiger partial charge in [0.2, 0.25) is 0 Å². The summed E-state index contributed by atoms with van der Waals surface area (Å²) in [6.07, 6.45) is 0. The summed E-state index contributed by atoms with van der Waals surface area (Å²) in [5.74, 6) is 0.266. The van der Waals surface area contributed by atoms with Gasteiger partial charge in [-0.1, -0.05) is 22.9 Å². The normalized spacial score (nSPS) is 11.3. The van der Waals surface area contributed by atoms with E-state index in [-0.39, 0.29) is 10.7 Å². The molecule has 2 N–H and O–H groups in total. The van der Waals surface area contributed by atoms with Crippen molar-refractivity contribution in [3.05, 3.63) is 65.5 Å². The predicted molar refractivity (Wildman–Crippen MR) is 97.7 cm³/mol. The second kappa shape index (κ2) is 6.60. The van der Waals surface area contributed by atoms with E-state index in [0.717, 1.165) is 11.4 Å². The topological polar surface area (TPSA) is 84.2 Å². The molecule has 6 nitrogen and oxygen atoms in total. The molecule has 0 aliphatic rings. The van der Waals surface area contributed by atoms with E-state index in [2.05, 4.69) is 15.2 Å². The number of rotatable bonds is 5. The first-order valence-corrected chi connectivity index (χ1v) is 9.23. The molecule has 1 heterocycles. The van der Waals surface area contributed by atoms with E-state index in [1.54, 1.807) is 26.0 Å². The Morgan fingerprint density at radius 1 is 0.840 bits per heavy atom. The highest BCUT2D eigenvalue weighted by atomic mass is 32.2. The summed E-state index contributed by atoms with van der Waals surface area (Å²) in [6.45, 7) is 5.20. The highest BCUT2D eigenvalue weighted by Gasteiger charge is 2.24. The van der Waals surface area contributed by atoms with Crippen molar-refractivity contribution in [2.24, 2.45) is 0 Å². The number of benzene rings is 2. The number of nitrogens with zero attached hydrogens (tertiary/aromatic N) is 1. The summed E-state index contributed by atoms with van der Waals surface area (Å²) in [5.41, 5.74) is 3.82. The van der Waals surface area contributed by atoms with Gasteiger partial charge in [-0.2, -0.15) is 0 Å². The van der Waals surface area contributed by atoms with Crippen LogP contribution in [-0.4, -0.2) is 13.6 Å². The van der Waals surface area contributed by atoms with E-state index in [9.17, 15) is 8.42 Å². The lowest BCUT2D eigenvalue weighted by molar-refractivity contribution is 0.390. The standard InChI is InChI=1S/C18H19N3O3S/c1-12-4-6-15(7-5-12)19-16-8-10-17(11-9-16)21-25(22,23)18-13(2)20-24-14(18)3/h4-11,19,21H,1-3H3. The van der Waals surface area contributed by atoms with Crippen LogP contribution >= 0.6 is 0 Å². The fraction of sp³-hybridized carbons (Fsp3) is 0.167. The molecule has 0 unspecified atom stereocenters. The molecule has 0 atom stereocenters. The number of aromatic nitrogens is 1. The van der Waals surface area contributed by atoms with Crippen LogP contribution in [0.25, 0.3) is 0 Å². The molecule has 2 aromatic carbocycles. The van der Waals surface area contributed by atoms with Gasteiger partial charge in [0.1, 0.15) is 5.69 Å². The van der Waals surface area contributed by atoms with Gasteiger partial charge < -0.3 is 9.84 Å². The Hall–Kier alpha value is -2.80. The van der Waals surface area contributed by atoms with Crippen molar-refractivity contribution in [2.75, 3.05) is 10.0 Å². The van der Waals surface area contributed by atoms with Crippen LogP contribution in [0.4, 0.5) is 17.1 Å². The molecule has 0 bridgehead atoms. The van der Waals surface area contributed by atoms with Crippen molar-refractivity contribution >= 4 is 27.1 Å². The van der Waals surface area contributed by atoms with E-state index in [4.69, 9.17) is 4.52 Å². The molecular weight excluding hydrogens is 338 g/mol. The zero-order chi connectivity index (χ0) is 18.0. The summed E-state index contributed by atoms with van der Waals surface area (Å²) >= 11 is 0. The Labute approximate surface area is 146 Å². The lowest BCUT2D eigenvalue weighted by atomic mass is 10.2. The summed E-state index contributed by atoms with van der Waals surface area (Å²) in [5, 5.41) is 6.95. The largest absolute Gasteiger partial charge is 0.360 e. The van der Waals surface area contributed by atoms with Crippen LogP contribution in [0.2, 0.25) is 0 Å². The number of aryl methyl sites for hydroxylation is 3. The number of hydrogen-bond acceptors (Lipinski definition) is 5. The van der Waals surface area contributed by atoms with Gasteiger partial charge in [0.05, 0.1) is 0 Å². The van der Waals surface area contributed by atoms with Crippen LogP contribution in [0.15, 0.2) is 57.9 Å². The SMILES string of the molecule is Cc1ccc(Nc2ccc(NS(=O)(=O)c3c(C)noc3C)cc2)cc1. The van der Waals surface area contributed by atoms with Gasteiger partial charge in [-0.05, 0) is 57.2 Å². The van der Waals surface area contributed by atoms with Crippen LogP contribution in [-0.2, 0) is 10.0 Å². The predicted octanol–water partition coefficient (Wildman–Crippen LogP) is 4.14. The van der Waals surface area contributed by atoms with Gasteiger partial charge in [0.15, 0.2) is 10.7 Å². The number of sulfonamides is 1. The van der Waals surface area contributed by atoms with Crippen molar-refractivity contribution in [3.63, 3.8) is 0 Å². The highest BCUT2D eigenvalue weighted by molar-refractivity contribution is 7.92. The van der Waals surface area contributed by atoms with Crippen LogP contribution in [0, 0.1) is 20.8 Å². The molecule has 7 heteroatoms. The van der Waals surface area contributed by atoms with Crippen LogP contribution in [0.3, 0.4) is 0 Å². The first kappa shape index (κ1) is 17.0. The Morgan fingerprint density at radius 2 is 1.36 bits per heavy atom. The van der Waals surface area contributed by atoms with E-state index < -0.39 is 10.0 Å². The summed E-state index contributed by atoms with van der Waals surface area (Å²) in [4.78, 5) is 0.0781. The summed E-state index contributed by atoms with van der Waals surface area (Å²) in [6, 6.07) is 15.0. The minimum atomic E-state index is -3.73. The van der Waals surface area contributed by atoms with Gasteiger partial charge in [0, 0.05) is 17.1 Å². The Kier molecular flexibility index (Phi) is 4.50. The molecule has 1 aromatic heterocycles. The maximum atomic E-state index is 12.5. The number of nitrogens with one attached hydrogen (secondary N) is 2. The monoisotopic (exact) mass is 357 g/mol. The van der Waals surface area contributed by atoms with Gasteiger partial charge >= 0.3 is 0 Å². The molecule has 0 fully saturated rings. The molecule has 0 radical (unpaired) electrons. The molecule has 25 heavy (non-hydrogen) atoms. The lowest BCUT2D eigenvalue weighted by Crippen LogP contribution is -2.14. The van der Waals surface area contributed by atoms with Crippen LogP contribution in [0.5, 0.6) is 0 Å². The molecule has 0 saturated carbocycles. The first-order chi connectivity index (χ1) is 11.8. The first-order valence-electron chi connectivity index (χ1n) is 7.74. The van der Waals surface area contributed by atoms with Gasteiger partial charge in [-0.25, -0.2) is 8.42 Å². The van der Waals surface area contributed by atoms with Crippen molar-refractivity contribution in [1.82, 2.24) is 5.16 Å². The highest BCUT2D eigenvalue weighted by Crippen LogP contribution is 2.24. The molecular formula is C18H19N3O3S. The smallest absolute Gasteiger partial charge is 0.267 e. The fourth-order valence-corrected chi connectivity index (χ4v) is 3.88.